The summed E-state index contributed by atoms with van der Waals surface area (Å²) in [6.45, 7) is 6.80. The van der Waals surface area contributed by atoms with Gasteiger partial charge in [0.25, 0.3) is 23.6 Å². The van der Waals surface area contributed by atoms with Crippen molar-refractivity contribution in [2.45, 2.75) is 58.0 Å². The van der Waals surface area contributed by atoms with Gasteiger partial charge < -0.3 is 30.7 Å². The van der Waals surface area contributed by atoms with E-state index in [1.54, 1.807) is 36.4 Å². The molecule has 2 atom stereocenters. The number of azo groups is 2. The van der Waals surface area contributed by atoms with Crippen LogP contribution in [0.1, 0.15) is 65.1 Å². The third kappa shape index (κ3) is 15.3. The lowest BCUT2D eigenvalue weighted by atomic mass is 10.1. The highest BCUT2D eigenvalue weighted by atomic mass is 35.5. The summed E-state index contributed by atoms with van der Waals surface area (Å²) in [6.07, 6.45) is 0.208. The molecule has 0 aromatic heterocycles. The minimum absolute atomic E-state index is 0.0437. The lowest BCUT2D eigenvalue weighted by molar-refractivity contribution is -0.127. The minimum atomic E-state index is -1.61. The molecular weight excluding hydrogens is 994 g/mol. The third-order valence-electron chi connectivity index (χ3n) is 9.61. The molecule has 0 aliphatic rings. The van der Waals surface area contributed by atoms with Crippen LogP contribution in [0.2, 0.25) is 10.0 Å². The molecule has 21 heteroatoms. The van der Waals surface area contributed by atoms with Crippen LogP contribution >= 0.6 is 58.0 Å². The van der Waals surface area contributed by atoms with E-state index in [2.05, 4.69) is 41.7 Å². The lowest BCUT2D eigenvalue weighted by Crippen LogP contribution is -2.32. The number of nitrogens with zero attached hydrogens (tertiary/aromatic N) is 4. The highest BCUT2D eigenvalue weighted by Crippen LogP contribution is 2.30. The molecule has 0 bridgehead atoms. The molecule has 2 unspecified atom stereocenters. The van der Waals surface area contributed by atoms with Gasteiger partial charge in [-0.2, -0.15) is 20.5 Å². The molecule has 4 amide bonds. The van der Waals surface area contributed by atoms with E-state index in [-0.39, 0.29) is 68.0 Å². The van der Waals surface area contributed by atoms with Crippen LogP contribution in [0.15, 0.2) is 111 Å². The SMILES string of the molecule is CCOc1cc(CCl)cc(NC(=O)c2cc(N=NC(C(C)=O)C(=O)Nc3ccc(NC(=O)C(N=Nc4ccc(Cl)c(C(=O)Nc5cc(CCl)cc(OCC)c5)c4)C(C)=O)c(CCCl)c3)ccc2Cl)c1. The van der Waals surface area contributed by atoms with Gasteiger partial charge >= 0.3 is 0 Å². The van der Waals surface area contributed by atoms with Crippen LogP contribution in [0.25, 0.3) is 0 Å². The second-order valence-corrected chi connectivity index (χ2v) is 16.6. The van der Waals surface area contributed by atoms with Gasteiger partial charge in [0, 0.05) is 52.5 Å². The van der Waals surface area contributed by atoms with Gasteiger partial charge in [0.05, 0.1) is 45.8 Å². The summed E-state index contributed by atoms with van der Waals surface area (Å²) in [4.78, 5) is 79.0. The van der Waals surface area contributed by atoms with E-state index in [1.165, 1.54) is 68.4 Å². The van der Waals surface area contributed by atoms with Gasteiger partial charge in [-0.05, 0) is 130 Å². The lowest BCUT2D eigenvalue weighted by Gasteiger charge is -2.15. The molecule has 0 radical (unpaired) electrons. The van der Waals surface area contributed by atoms with E-state index in [4.69, 9.17) is 67.5 Å². The molecule has 0 spiro atoms. The van der Waals surface area contributed by atoms with Crippen LogP contribution < -0.4 is 30.7 Å². The van der Waals surface area contributed by atoms with E-state index < -0.39 is 47.3 Å². The zero-order valence-corrected chi connectivity index (χ0v) is 41.3. The maximum atomic E-state index is 13.5. The molecule has 0 saturated carbocycles. The van der Waals surface area contributed by atoms with Crippen LogP contribution in [0, 0.1) is 0 Å². The molecule has 5 rings (SSSR count). The highest BCUT2D eigenvalue weighted by Gasteiger charge is 2.26. The Hall–Kier alpha value is -6.43. The molecule has 0 heterocycles. The predicted octanol–water partition coefficient (Wildman–Crippen LogP) is 11.9. The number of hydrogen-bond acceptors (Lipinski definition) is 12. The molecule has 0 fully saturated rings. The maximum Gasteiger partial charge on any atom is 0.258 e. The fourth-order valence-electron chi connectivity index (χ4n) is 6.42. The fourth-order valence-corrected chi connectivity index (χ4v) is 7.33. The van der Waals surface area contributed by atoms with Crippen molar-refractivity contribution in [3.05, 3.63) is 129 Å². The second-order valence-electron chi connectivity index (χ2n) is 14.8. The first-order chi connectivity index (χ1) is 33.0. The molecule has 360 valence electrons. The highest BCUT2D eigenvalue weighted by molar-refractivity contribution is 6.35. The van der Waals surface area contributed by atoms with E-state index in [0.29, 0.717) is 41.7 Å². The number of Topliss-reactive ketones (excluding diaryl/α,β-unsaturated/α-hetero) is 2. The Morgan fingerprint density at radius 1 is 0.551 bits per heavy atom. The number of ether oxygens (including phenoxy) is 2. The first-order valence-corrected chi connectivity index (χ1v) is 23.4. The number of ketones is 2. The third-order valence-corrected chi connectivity index (χ3v) is 11.1. The average Bonchev–Trinajstić information content (AvgIpc) is 3.30. The normalized spacial score (nSPS) is 12.0. The molecule has 16 nitrogen and oxygen atoms in total. The van der Waals surface area contributed by atoms with E-state index in [0.717, 1.165) is 11.1 Å². The number of nitrogens with one attached hydrogen (secondary N) is 4. The zero-order chi connectivity index (χ0) is 50.2. The van der Waals surface area contributed by atoms with E-state index in [1.807, 2.05) is 13.8 Å². The van der Waals surface area contributed by atoms with Crippen molar-refractivity contribution in [1.29, 1.82) is 0 Å². The van der Waals surface area contributed by atoms with Crippen molar-refractivity contribution in [2.24, 2.45) is 20.5 Å². The van der Waals surface area contributed by atoms with E-state index in [9.17, 15) is 28.8 Å². The number of aryl methyl sites for hydroxylation is 1. The van der Waals surface area contributed by atoms with Crippen molar-refractivity contribution in [3.8, 4) is 11.5 Å². The maximum absolute atomic E-state index is 13.5. The van der Waals surface area contributed by atoms with Crippen molar-refractivity contribution in [2.75, 3.05) is 40.4 Å². The topological polar surface area (TPSA) is 218 Å². The number of carbonyl (C=O) groups excluding carboxylic acids is 6. The van der Waals surface area contributed by atoms with Gasteiger partial charge in [0.15, 0.2) is 11.6 Å². The fraction of sp³-hybridized carbons (Fsp3) is 0.250. The van der Waals surface area contributed by atoms with Gasteiger partial charge in [-0.15, -0.1) is 34.8 Å². The van der Waals surface area contributed by atoms with Crippen LogP contribution in [0.3, 0.4) is 0 Å². The summed E-state index contributed by atoms with van der Waals surface area (Å²) in [6, 6.07) is 19.9. The number of carbonyl (C=O) groups is 6. The summed E-state index contributed by atoms with van der Waals surface area (Å²) < 4.78 is 11.1. The largest absolute Gasteiger partial charge is 0.494 e. The van der Waals surface area contributed by atoms with Gasteiger partial charge in [-0.25, -0.2) is 0 Å². The van der Waals surface area contributed by atoms with Gasteiger partial charge in [-0.1, -0.05) is 23.2 Å². The summed E-state index contributed by atoms with van der Waals surface area (Å²) in [5.41, 5.74) is 3.56. The molecular formula is C48H45Cl5N8O8. The Morgan fingerprint density at radius 2 is 1.01 bits per heavy atom. The van der Waals surface area contributed by atoms with Crippen molar-refractivity contribution in [1.82, 2.24) is 0 Å². The number of anilines is 4. The number of benzene rings is 5. The number of rotatable bonds is 22. The average molecular weight is 1040 g/mol. The smallest absolute Gasteiger partial charge is 0.258 e. The summed E-state index contributed by atoms with van der Waals surface area (Å²) >= 11 is 30.9. The Kier molecular flexibility index (Phi) is 20.0. The number of halogens is 5. The Morgan fingerprint density at radius 3 is 1.43 bits per heavy atom. The summed E-state index contributed by atoms with van der Waals surface area (Å²) in [5, 5.41) is 27.2. The number of hydrogen-bond donors (Lipinski definition) is 4. The summed E-state index contributed by atoms with van der Waals surface area (Å²) in [7, 11) is 0. The van der Waals surface area contributed by atoms with Crippen molar-refractivity contribution in [3.63, 3.8) is 0 Å². The molecule has 69 heavy (non-hydrogen) atoms. The Bertz CT molecular complexity index is 2810. The summed E-state index contributed by atoms with van der Waals surface area (Å²) in [5.74, 6) is -2.55. The Balaban J connectivity index is 1.27. The quantitative estimate of drug-likeness (QED) is 0.0296. The number of amides is 4. The van der Waals surface area contributed by atoms with Crippen molar-refractivity contribution >= 4 is 127 Å². The molecule has 0 aliphatic carbocycles. The first-order valence-electron chi connectivity index (χ1n) is 21.1. The second kappa shape index (κ2) is 25.8. The van der Waals surface area contributed by atoms with Crippen LogP contribution in [0.5, 0.6) is 11.5 Å². The van der Waals surface area contributed by atoms with Crippen LogP contribution in [-0.2, 0) is 37.4 Å². The van der Waals surface area contributed by atoms with Gasteiger partial charge in [0.1, 0.15) is 11.5 Å². The number of alkyl halides is 3. The molecule has 5 aromatic rings. The monoisotopic (exact) mass is 1040 g/mol. The molecule has 0 aliphatic heterocycles. The van der Waals surface area contributed by atoms with E-state index >= 15 is 0 Å². The molecule has 5 aromatic carbocycles. The molecule has 4 N–H and O–H groups in total. The van der Waals surface area contributed by atoms with Crippen molar-refractivity contribution < 1.29 is 38.2 Å². The standard InChI is InChI=1S/C48H45Cl5N8O8/c1-5-68-36-17-28(24-50)15-34(20-36)55-45(64)38-22-32(7-10-40(38)52)58-60-43(26(3)62)47(66)54-31-9-12-42(30(19-31)13-14-49)57-48(67)44(27(4)63)61-59-33-8-11-41(53)39(23-33)46(65)56-35-16-29(25-51)18-37(21-35)69-6-2/h7-12,15-23,43-44H,5-6,13-14,24-25H2,1-4H3,(H,54,66)(H,55,64)(H,56,65)(H,57,67). The predicted molar refractivity (Wildman–Crippen MR) is 269 cm³/mol. The van der Waals surface area contributed by atoms with Gasteiger partial charge in [0.2, 0.25) is 12.1 Å². The molecule has 0 saturated heterocycles. The first kappa shape index (κ1) is 53.5. The Labute approximate surface area is 422 Å². The van der Waals surface area contributed by atoms with Gasteiger partial charge in [-0.3, -0.25) is 28.8 Å². The zero-order valence-electron chi connectivity index (χ0n) is 37.5. The minimum Gasteiger partial charge on any atom is -0.494 e. The van der Waals surface area contributed by atoms with Crippen LogP contribution in [-0.4, -0.2) is 66.4 Å². The van der Waals surface area contributed by atoms with Crippen LogP contribution in [0.4, 0.5) is 34.1 Å².